The molecule has 0 radical (unpaired) electrons. The number of aliphatic imine (C=N–C) groups is 1. The number of esters is 1. The summed E-state index contributed by atoms with van der Waals surface area (Å²) >= 11 is 0. The van der Waals surface area contributed by atoms with E-state index in [1.807, 2.05) is 0 Å². The van der Waals surface area contributed by atoms with Gasteiger partial charge in [0.05, 0.1) is 0 Å². The van der Waals surface area contributed by atoms with Crippen LogP contribution in [0.4, 0.5) is 35.5 Å². The predicted octanol–water partition coefficient (Wildman–Crippen LogP) is 6.32. The monoisotopic (exact) mass is 561 g/mol. The van der Waals surface area contributed by atoms with Crippen molar-refractivity contribution in [2.45, 2.75) is 30.9 Å². The summed E-state index contributed by atoms with van der Waals surface area (Å²) in [5, 5.41) is 0. The first-order valence-corrected chi connectivity index (χ1v) is 11.3. The van der Waals surface area contributed by atoms with Gasteiger partial charge in [-0.15, -0.1) is 0 Å². The van der Waals surface area contributed by atoms with Gasteiger partial charge < -0.3 is 14.2 Å². The molecule has 210 valence electrons. The van der Waals surface area contributed by atoms with Crippen LogP contribution < -0.4 is 0 Å². The number of hydrogen-bond acceptors (Lipinski definition) is 6. The number of carbonyl (C=O) groups excluding carboxylic acids is 2. The number of nitrogens with zero attached hydrogens (tertiary/aromatic N) is 1. The van der Waals surface area contributed by atoms with Crippen molar-refractivity contribution < 1.29 is 54.5 Å². The van der Waals surface area contributed by atoms with Gasteiger partial charge in [0.1, 0.15) is 25.5 Å². The van der Waals surface area contributed by atoms with Crippen molar-refractivity contribution in [3.8, 4) is 11.1 Å². The average Bonchev–Trinajstić information content (AvgIpc) is 3.17. The van der Waals surface area contributed by atoms with Crippen LogP contribution in [0.5, 0.6) is 0 Å². The van der Waals surface area contributed by atoms with Crippen LogP contribution in [0, 0.1) is 0 Å². The van der Waals surface area contributed by atoms with Crippen molar-refractivity contribution in [1.82, 2.24) is 0 Å². The van der Waals surface area contributed by atoms with Crippen molar-refractivity contribution in [2.24, 2.45) is 4.99 Å². The van der Waals surface area contributed by atoms with Crippen LogP contribution in [-0.4, -0.2) is 62.7 Å². The molecule has 13 heteroatoms. The van der Waals surface area contributed by atoms with E-state index in [0.29, 0.717) is 23.7 Å². The molecular weight excluding hydrogens is 539 g/mol. The Kier molecular flexibility index (Phi) is 8.42. The lowest BCUT2D eigenvalue weighted by Crippen LogP contribution is -2.56. The zero-order valence-corrected chi connectivity index (χ0v) is 20.6. The summed E-state index contributed by atoms with van der Waals surface area (Å²) in [5.74, 6) is -13.3. The Hall–Kier alpha value is -3.90. The number of halogens is 7. The third kappa shape index (κ3) is 5.76. The van der Waals surface area contributed by atoms with Gasteiger partial charge in [0.2, 0.25) is 0 Å². The van der Waals surface area contributed by atoms with E-state index in [-0.39, 0.29) is 31.0 Å². The number of hydrogen-bond donors (Lipinski definition) is 0. The van der Waals surface area contributed by atoms with Crippen LogP contribution in [0.2, 0.25) is 0 Å². The van der Waals surface area contributed by atoms with Crippen molar-refractivity contribution >= 4 is 17.8 Å². The zero-order valence-electron chi connectivity index (χ0n) is 20.6. The van der Waals surface area contributed by atoms with Gasteiger partial charge in [-0.1, -0.05) is 43.0 Å². The van der Waals surface area contributed by atoms with Gasteiger partial charge in [-0.05, 0) is 35.2 Å². The van der Waals surface area contributed by atoms with Gasteiger partial charge in [-0.3, -0.25) is 4.99 Å². The number of fused-ring (bicyclic) bond motifs is 3. The average molecular weight is 561 g/mol. The third-order valence-electron chi connectivity index (χ3n) is 5.85. The lowest BCUT2D eigenvalue weighted by Gasteiger charge is -2.29. The molecule has 0 N–H and O–H groups in total. The van der Waals surface area contributed by atoms with Crippen molar-refractivity contribution in [3.05, 3.63) is 71.3 Å². The summed E-state index contributed by atoms with van der Waals surface area (Å²) in [7, 11) is 0.693. The molecular formula is C26H22F7NO5. The standard InChI is InChI=1S/C26H22F7NO5/c1-14(2)22(35)37-10-11-38-23(36)39-13-20-17-7-5-4-6-16(17)19-12-15(8-9-18(19)20)21(34-3)24(27,28)25(29,30)26(31,32)33/h4-9,12,20H,1,10-11,13H2,2-3H3. The van der Waals surface area contributed by atoms with Crippen molar-refractivity contribution in [3.63, 3.8) is 0 Å². The molecule has 0 aliphatic heterocycles. The first-order valence-electron chi connectivity index (χ1n) is 11.3. The minimum absolute atomic E-state index is 0.161. The van der Waals surface area contributed by atoms with Crippen LogP contribution in [-0.2, 0) is 19.0 Å². The van der Waals surface area contributed by atoms with E-state index in [2.05, 4.69) is 11.6 Å². The molecule has 1 aliphatic carbocycles. The Labute approximate surface area is 218 Å². The van der Waals surface area contributed by atoms with Crippen molar-refractivity contribution in [1.29, 1.82) is 0 Å². The second kappa shape index (κ2) is 11.1. The van der Waals surface area contributed by atoms with Gasteiger partial charge in [0.15, 0.2) is 0 Å². The SMILES string of the molecule is C=C(C)C(=O)OCCOC(=O)OCC1c2ccccc2-c2cc(C(=NC)C(F)(F)C(F)(F)C(F)(F)F)ccc21. The number of benzene rings is 2. The highest BCUT2D eigenvalue weighted by Gasteiger charge is 2.75. The molecule has 2 aromatic rings. The summed E-state index contributed by atoms with van der Waals surface area (Å²) < 4.78 is 109. The molecule has 0 amide bonds. The second-order valence-electron chi connectivity index (χ2n) is 8.49. The van der Waals surface area contributed by atoms with Crippen LogP contribution in [0.25, 0.3) is 11.1 Å². The molecule has 1 atom stereocenters. The highest BCUT2D eigenvalue weighted by atomic mass is 19.4. The summed E-state index contributed by atoms with van der Waals surface area (Å²) in [4.78, 5) is 26.4. The fourth-order valence-corrected chi connectivity index (χ4v) is 3.99. The lowest BCUT2D eigenvalue weighted by molar-refractivity contribution is -0.336. The Morgan fingerprint density at radius 2 is 1.51 bits per heavy atom. The Morgan fingerprint density at radius 1 is 0.897 bits per heavy atom. The first kappa shape index (κ1) is 29.7. The molecule has 1 aliphatic rings. The molecule has 0 bridgehead atoms. The largest absolute Gasteiger partial charge is 0.508 e. The minimum Gasteiger partial charge on any atom is -0.459 e. The van der Waals surface area contributed by atoms with E-state index in [9.17, 15) is 40.3 Å². The quantitative estimate of drug-likeness (QED) is 0.118. The molecule has 0 saturated carbocycles. The fourth-order valence-electron chi connectivity index (χ4n) is 3.99. The molecule has 0 aromatic heterocycles. The molecule has 1 unspecified atom stereocenters. The van der Waals surface area contributed by atoms with Gasteiger partial charge in [0.25, 0.3) is 0 Å². The highest BCUT2D eigenvalue weighted by Crippen LogP contribution is 2.49. The minimum atomic E-state index is -6.51. The van der Waals surface area contributed by atoms with E-state index in [1.165, 1.54) is 13.0 Å². The van der Waals surface area contributed by atoms with Gasteiger partial charge >= 0.3 is 30.1 Å². The number of alkyl halides is 7. The molecule has 39 heavy (non-hydrogen) atoms. The van der Waals surface area contributed by atoms with E-state index < -0.39 is 47.3 Å². The molecule has 0 fully saturated rings. The summed E-state index contributed by atoms with van der Waals surface area (Å²) in [6.07, 6.45) is -7.60. The molecule has 2 aromatic carbocycles. The smallest absolute Gasteiger partial charge is 0.459 e. The maximum Gasteiger partial charge on any atom is 0.508 e. The lowest BCUT2D eigenvalue weighted by atomic mass is 9.93. The fraction of sp³-hybridized carbons (Fsp3) is 0.346. The summed E-state index contributed by atoms with van der Waals surface area (Å²) in [5.41, 5.74) is -0.423. The van der Waals surface area contributed by atoms with Crippen LogP contribution in [0.1, 0.15) is 29.5 Å². The zero-order chi connectivity index (χ0) is 29.2. The normalized spacial score (nSPS) is 15.3. The van der Waals surface area contributed by atoms with Crippen LogP contribution in [0.15, 0.2) is 59.6 Å². The predicted molar refractivity (Wildman–Crippen MR) is 125 cm³/mol. The Balaban J connectivity index is 1.82. The molecule has 6 nitrogen and oxygen atoms in total. The number of carbonyl (C=O) groups is 2. The van der Waals surface area contributed by atoms with Gasteiger partial charge in [0, 0.05) is 24.1 Å². The van der Waals surface area contributed by atoms with E-state index in [4.69, 9.17) is 14.2 Å². The molecule has 0 heterocycles. The van der Waals surface area contributed by atoms with Crippen LogP contribution >= 0.6 is 0 Å². The van der Waals surface area contributed by atoms with Gasteiger partial charge in [-0.2, -0.15) is 30.7 Å². The highest BCUT2D eigenvalue weighted by molar-refractivity contribution is 6.07. The third-order valence-corrected chi connectivity index (χ3v) is 5.85. The number of ether oxygens (including phenoxy) is 3. The number of rotatable bonds is 9. The van der Waals surface area contributed by atoms with Crippen molar-refractivity contribution in [2.75, 3.05) is 26.9 Å². The van der Waals surface area contributed by atoms with E-state index in [1.54, 1.807) is 24.3 Å². The topological polar surface area (TPSA) is 74.2 Å². The van der Waals surface area contributed by atoms with Gasteiger partial charge in [-0.25, -0.2) is 9.59 Å². The summed E-state index contributed by atoms with van der Waals surface area (Å²) in [6.45, 7) is 4.04. The van der Waals surface area contributed by atoms with E-state index >= 15 is 0 Å². The summed E-state index contributed by atoms with van der Waals surface area (Å²) in [6, 6.07) is 9.79. The van der Waals surface area contributed by atoms with Crippen LogP contribution in [0.3, 0.4) is 0 Å². The first-order chi connectivity index (χ1) is 18.1. The molecule has 0 spiro atoms. The maximum absolute atomic E-state index is 14.5. The molecule has 3 rings (SSSR count). The molecule has 0 saturated heterocycles. The van der Waals surface area contributed by atoms with E-state index in [0.717, 1.165) is 12.1 Å². The Morgan fingerprint density at radius 3 is 2.13 bits per heavy atom. The Bertz CT molecular complexity index is 1300. The second-order valence-corrected chi connectivity index (χ2v) is 8.49. The maximum atomic E-state index is 14.5.